The highest BCUT2D eigenvalue weighted by molar-refractivity contribution is 6.06. The van der Waals surface area contributed by atoms with E-state index in [1.54, 1.807) is 12.5 Å². The van der Waals surface area contributed by atoms with Crippen LogP contribution in [0.25, 0.3) is 33.3 Å². The predicted molar refractivity (Wildman–Crippen MR) is 112 cm³/mol. The molecule has 0 aliphatic rings. The summed E-state index contributed by atoms with van der Waals surface area (Å²) in [6.07, 6.45) is 6.42. The molecule has 0 radical (unpaired) electrons. The van der Waals surface area contributed by atoms with E-state index in [0.29, 0.717) is 0 Å². The van der Waals surface area contributed by atoms with Crippen molar-refractivity contribution in [1.29, 1.82) is 0 Å². The fourth-order valence-corrected chi connectivity index (χ4v) is 3.88. The second-order valence-electron chi connectivity index (χ2n) is 9.32. The number of fused-ring (bicyclic) bond motifs is 1. The van der Waals surface area contributed by atoms with Crippen molar-refractivity contribution in [2.24, 2.45) is 0 Å². The van der Waals surface area contributed by atoms with Gasteiger partial charge in [0.05, 0.1) is 0 Å². The molecule has 0 amide bonds. The predicted octanol–water partition coefficient (Wildman–Crippen LogP) is 6.74. The highest BCUT2D eigenvalue weighted by Crippen LogP contribution is 2.43. The summed E-state index contributed by atoms with van der Waals surface area (Å²) < 4.78 is 10.7. The quantitative estimate of drug-likeness (QED) is 0.389. The Bertz CT molecular complexity index is 1020. The van der Waals surface area contributed by atoms with Gasteiger partial charge in [0.25, 0.3) is 0 Å². The molecule has 0 atom stereocenters. The first-order chi connectivity index (χ1) is 13.2. The van der Waals surface area contributed by atoms with Crippen molar-refractivity contribution >= 4 is 10.8 Å². The lowest BCUT2D eigenvalue weighted by atomic mass is 9.77. The molecule has 4 nitrogen and oxygen atoms in total. The van der Waals surface area contributed by atoms with E-state index in [-0.39, 0.29) is 10.8 Å². The molecule has 4 heteroatoms. The number of benzene rings is 2. The van der Waals surface area contributed by atoms with E-state index >= 15 is 0 Å². The van der Waals surface area contributed by atoms with Crippen LogP contribution >= 0.6 is 0 Å². The van der Waals surface area contributed by atoms with Gasteiger partial charge < -0.3 is 8.83 Å². The van der Waals surface area contributed by atoms with E-state index in [2.05, 4.69) is 75.8 Å². The van der Waals surface area contributed by atoms with Crippen molar-refractivity contribution in [3.63, 3.8) is 0 Å². The second kappa shape index (κ2) is 6.33. The number of hydrogen-bond donors (Lipinski definition) is 0. The third-order valence-electron chi connectivity index (χ3n) is 5.19. The third-order valence-corrected chi connectivity index (χ3v) is 5.19. The van der Waals surface area contributed by atoms with Gasteiger partial charge in [-0.25, -0.2) is 9.97 Å². The lowest BCUT2D eigenvalue weighted by Gasteiger charge is -2.27. The topological polar surface area (TPSA) is 52.1 Å². The van der Waals surface area contributed by atoms with Crippen LogP contribution in [0, 0.1) is 0 Å². The number of rotatable bonds is 2. The van der Waals surface area contributed by atoms with Crippen LogP contribution in [0.3, 0.4) is 0 Å². The molecular weight excluding hydrogens is 348 g/mol. The summed E-state index contributed by atoms with van der Waals surface area (Å²) in [5, 5.41) is 2.29. The second-order valence-corrected chi connectivity index (χ2v) is 9.32. The van der Waals surface area contributed by atoms with E-state index < -0.39 is 0 Å². The monoisotopic (exact) mass is 374 g/mol. The molecule has 2 aromatic carbocycles. The summed E-state index contributed by atoms with van der Waals surface area (Å²) in [5.41, 5.74) is 6.36. The van der Waals surface area contributed by atoms with Gasteiger partial charge in [0.15, 0.2) is 12.8 Å². The number of oxazole rings is 2. The van der Waals surface area contributed by atoms with Crippen LogP contribution in [-0.2, 0) is 10.8 Å². The molecular formula is C24H26N2O2. The van der Waals surface area contributed by atoms with Gasteiger partial charge in [-0.05, 0) is 32.7 Å². The van der Waals surface area contributed by atoms with Crippen LogP contribution in [0.15, 0.2) is 58.4 Å². The maximum atomic E-state index is 5.33. The highest BCUT2D eigenvalue weighted by atomic mass is 16.3. The Morgan fingerprint density at radius 1 is 0.607 bits per heavy atom. The van der Waals surface area contributed by atoms with Crippen LogP contribution in [-0.4, -0.2) is 9.97 Å². The van der Waals surface area contributed by atoms with Crippen molar-refractivity contribution in [3.8, 4) is 22.5 Å². The normalized spacial score (nSPS) is 12.6. The molecule has 0 saturated carbocycles. The summed E-state index contributed by atoms with van der Waals surface area (Å²) in [6.45, 7) is 13.3. The van der Waals surface area contributed by atoms with Gasteiger partial charge >= 0.3 is 0 Å². The summed E-state index contributed by atoms with van der Waals surface area (Å²) in [6, 6.07) is 8.84. The van der Waals surface area contributed by atoms with Gasteiger partial charge in [0.1, 0.15) is 23.9 Å². The first-order valence-electron chi connectivity index (χ1n) is 9.56. The van der Waals surface area contributed by atoms with Gasteiger partial charge in [-0.3, -0.25) is 0 Å². The minimum atomic E-state index is -0.0285. The zero-order valence-electron chi connectivity index (χ0n) is 17.3. The fourth-order valence-electron chi connectivity index (χ4n) is 3.88. The Kier molecular flexibility index (Phi) is 4.18. The molecule has 0 aliphatic carbocycles. The third kappa shape index (κ3) is 3.03. The fraction of sp³-hybridized carbons (Fsp3) is 0.333. The molecule has 28 heavy (non-hydrogen) atoms. The average molecular weight is 374 g/mol. The molecule has 0 fully saturated rings. The van der Waals surface area contributed by atoms with E-state index in [1.807, 2.05) is 0 Å². The van der Waals surface area contributed by atoms with E-state index in [4.69, 9.17) is 8.83 Å². The molecule has 2 aromatic heterocycles. The molecule has 0 unspecified atom stereocenters. The van der Waals surface area contributed by atoms with Gasteiger partial charge in [0.2, 0.25) is 0 Å². The van der Waals surface area contributed by atoms with Gasteiger partial charge in [0, 0.05) is 11.1 Å². The van der Waals surface area contributed by atoms with Gasteiger partial charge in [-0.15, -0.1) is 0 Å². The molecule has 0 aliphatic heterocycles. The van der Waals surface area contributed by atoms with Crippen molar-refractivity contribution in [2.45, 2.75) is 52.4 Å². The largest absolute Gasteiger partial charge is 0.451 e. The van der Waals surface area contributed by atoms with Gasteiger partial charge in [-0.2, -0.15) is 0 Å². The van der Waals surface area contributed by atoms with Crippen molar-refractivity contribution in [2.75, 3.05) is 0 Å². The maximum absolute atomic E-state index is 5.33. The van der Waals surface area contributed by atoms with E-state index in [0.717, 1.165) is 33.3 Å². The SMILES string of the molecule is CC(C)(C)c1ccc2c(-c3cocn3)c(C(C)(C)C)ccc2c1-c1cocn1. The molecule has 4 rings (SSSR count). The van der Waals surface area contributed by atoms with Crippen molar-refractivity contribution < 1.29 is 8.83 Å². The van der Waals surface area contributed by atoms with E-state index in [9.17, 15) is 0 Å². The molecule has 4 aromatic rings. The molecule has 144 valence electrons. The lowest BCUT2D eigenvalue weighted by Crippen LogP contribution is -2.15. The van der Waals surface area contributed by atoms with Crippen molar-refractivity contribution in [3.05, 3.63) is 60.7 Å². The molecule has 0 bridgehead atoms. The zero-order chi connectivity index (χ0) is 20.1. The first kappa shape index (κ1) is 18.5. The van der Waals surface area contributed by atoms with Crippen LogP contribution in [0.1, 0.15) is 52.7 Å². The summed E-state index contributed by atoms with van der Waals surface area (Å²) in [4.78, 5) is 8.95. The summed E-state index contributed by atoms with van der Waals surface area (Å²) in [7, 11) is 0. The number of nitrogens with zero attached hydrogens (tertiary/aromatic N) is 2. The van der Waals surface area contributed by atoms with Crippen LogP contribution < -0.4 is 0 Å². The Morgan fingerprint density at radius 3 is 1.29 bits per heavy atom. The Hall–Kier alpha value is -2.88. The first-order valence-corrected chi connectivity index (χ1v) is 9.56. The maximum Gasteiger partial charge on any atom is 0.181 e. The summed E-state index contributed by atoms with van der Waals surface area (Å²) >= 11 is 0. The minimum Gasteiger partial charge on any atom is -0.451 e. The smallest absolute Gasteiger partial charge is 0.181 e. The average Bonchev–Trinajstić information content (AvgIpc) is 3.31. The Labute approximate surface area is 165 Å². The van der Waals surface area contributed by atoms with Crippen LogP contribution in [0.2, 0.25) is 0 Å². The number of aromatic nitrogens is 2. The molecule has 2 heterocycles. The van der Waals surface area contributed by atoms with Crippen LogP contribution in [0.4, 0.5) is 0 Å². The Morgan fingerprint density at radius 2 is 1.00 bits per heavy atom. The minimum absolute atomic E-state index is 0.0285. The zero-order valence-corrected chi connectivity index (χ0v) is 17.3. The lowest BCUT2D eigenvalue weighted by molar-refractivity contribution is 0.557. The molecule has 0 N–H and O–H groups in total. The summed E-state index contributed by atoms with van der Waals surface area (Å²) in [5.74, 6) is 0. The van der Waals surface area contributed by atoms with E-state index in [1.165, 1.54) is 23.9 Å². The highest BCUT2D eigenvalue weighted by Gasteiger charge is 2.26. The van der Waals surface area contributed by atoms with Crippen LogP contribution in [0.5, 0.6) is 0 Å². The molecule has 0 spiro atoms. The van der Waals surface area contributed by atoms with Gasteiger partial charge in [-0.1, -0.05) is 65.8 Å². The standard InChI is InChI=1S/C24H26N2O2/c1-23(2,3)17-9-7-16-15(21(17)19-11-27-13-25-19)8-10-18(24(4,5)6)22(16)20-12-28-14-26-20/h7-14H,1-6H3. The Balaban J connectivity index is 2.16. The van der Waals surface area contributed by atoms with Crippen molar-refractivity contribution in [1.82, 2.24) is 9.97 Å². The molecule has 0 saturated heterocycles. The number of hydrogen-bond acceptors (Lipinski definition) is 4.